The van der Waals surface area contributed by atoms with Crippen molar-refractivity contribution in [1.82, 2.24) is 9.88 Å². The van der Waals surface area contributed by atoms with E-state index in [1.165, 1.54) is 19.1 Å². The van der Waals surface area contributed by atoms with Crippen LogP contribution in [0, 0.1) is 11.6 Å². The van der Waals surface area contributed by atoms with Gasteiger partial charge in [-0.25, -0.2) is 13.8 Å². The van der Waals surface area contributed by atoms with E-state index in [-0.39, 0.29) is 11.9 Å². The summed E-state index contributed by atoms with van der Waals surface area (Å²) in [4.78, 5) is 18.0. The molecule has 0 spiro atoms. The third kappa shape index (κ3) is 2.77. The number of benzene rings is 2. The molecule has 1 aromatic heterocycles. The normalized spacial score (nSPS) is 17.4. The predicted octanol–water partition coefficient (Wildman–Crippen LogP) is 4.46. The highest BCUT2D eigenvalue weighted by atomic mass is 19.1. The summed E-state index contributed by atoms with van der Waals surface area (Å²) in [5.41, 5.74) is 2.07. The second-order valence-electron chi connectivity index (χ2n) is 6.23. The number of hydrogen-bond acceptors (Lipinski definition) is 3. The minimum Gasteiger partial charge on any atom is -0.438 e. The molecular weight excluding hydrogens is 326 g/mol. The SMILES string of the molecule is CC(=O)N1CCC[C@H]1c1nc2cc(-c3ccc(F)cc3F)ccc2o1. The standard InChI is InChI=1S/C19H16F2N2O2/c1-11(24)23-8-2-3-17(23)19-22-16-9-12(4-7-18(16)25-19)14-6-5-13(20)10-15(14)21/h4-7,9-10,17H,2-3,8H2,1H3/t17-/m0/s1. The second kappa shape index (κ2) is 5.95. The van der Waals surface area contributed by atoms with Crippen LogP contribution in [0.2, 0.25) is 0 Å². The smallest absolute Gasteiger partial charge is 0.220 e. The summed E-state index contributed by atoms with van der Waals surface area (Å²) in [5.74, 6) is -0.739. The molecule has 0 bridgehead atoms. The van der Waals surface area contributed by atoms with Gasteiger partial charge in [-0.1, -0.05) is 6.07 Å². The summed E-state index contributed by atoms with van der Waals surface area (Å²) in [5, 5.41) is 0. The predicted molar refractivity (Wildman–Crippen MR) is 88.7 cm³/mol. The topological polar surface area (TPSA) is 46.3 Å². The number of aromatic nitrogens is 1. The minimum absolute atomic E-state index is 0.00108. The van der Waals surface area contributed by atoms with Crippen LogP contribution in [0.1, 0.15) is 31.7 Å². The lowest BCUT2D eigenvalue weighted by Gasteiger charge is -2.19. The summed E-state index contributed by atoms with van der Waals surface area (Å²) >= 11 is 0. The van der Waals surface area contributed by atoms with E-state index in [9.17, 15) is 13.6 Å². The van der Waals surface area contributed by atoms with Crippen LogP contribution < -0.4 is 0 Å². The second-order valence-corrected chi connectivity index (χ2v) is 6.23. The fourth-order valence-electron chi connectivity index (χ4n) is 3.38. The average Bonchev–Trinajstić information content (AvgIpc) is 3.20. The number of nitrogens with zero attached hydrogens (tertiary/aromatic N) is 2. The molecule has 25 heavy (non-hydrogen) atoms. The Kier molecular flexibility index (Phi) is 3.75. The molecule has 3 aromatic rings. The van der Waals surface area contributed by atoms with Gasteiger partial charge in [-0.3, -0.25) is 4.79 Å². The van der Waals surface area contributed by atoms with Crippen molar-refractivity contribution in [2.45, 2.75) is 25.8 Å². The average molecular weight is 342 g/mol. The Morgan fingerprint density at radius 2 is 2.08 bits per heavy atom. The molecule has 1 atom stereocenters. The van der Waals surface area contributed by atoms with Crippen molar-refractivity contribution in [1.29, 1.82) is 0 Å². The van der Waals surface area contributed by atoms with Crippen LogP contribution in [0.3, 0.4) is 0 Å². The molecule has 0 radical (unpaired) electrons. The molecule has 0 saturated carbocycles. The van der Waals surface area contributed by atoms with Gasteiger partial charge >= 0.3 is 0 Å². The van der Waals surface area contributed by atoms with Gasteiger partial charge in [0.25, 0.3) is 0 Å². The minimum atomic E-state index is -0.624. The Morgan fingerprint density at radius 1 is 1.24 bits per heavy atom. The highest BCUT2D eigenvalue weighted by Gasteiger charge is 2.31. The van der Waals surface area contributed by atoms with Gasteiger partial charge in [0.15, 0.2) is 5.58 Å². The van der Waals surface area contributed by atoms with Crippen LogP contribution in [0.25, 0.3) is 22.2 Å². The van der Waals surface area contributed by atoms with Crippen molar-refractivity contribution < 1.29 is 18.0 Å². The first kappa shape index (κ1) is 15.7. The highest BCUT2D eigenvalue weighted by Crippen LogP contribution is 2.34. The van der Waals surface area contributed by atoms with E-state index in [1.807, 2.05) is 0 Å². The van der Waals surface area contributed by atoms with Gasteiger partial charge in [0.2, 0.25) is 11.8 Å². The molecule has 0 unspecified atom stereocenters. The van der Waals surface area contributed by atoms with Crippen LogP contribution >= 0.6 is 0 Å². The van der Waals surface area contributed by atoms with Crippen LogP contribution in [0.4, 0.5) is 8.78 Å². The van der Waals surface area contributed by atoms with Crippen molar-refractivity contribution in [3.8, 4) is 11.1 Å². The van der Waals surface area contributed by atoms with Crippen LogP contribution in [0.15, 0.2) is 40.8 Å². The summed E-state index contributed by atoms with van der Waals surface area (Å²) < 4.78 is 32.9. The third-order valence-corrected chi connectivity index (χ3v) is 4.59. The molecule has 2 aromatic carbocycles. The summed E-state index contributed by atoms with van der Waals surface area (Å²) in [7, 11) is 0. The maximum Gasteiger partial charge on any atom is 0.220 e. The quantitative estimate of drug-likeness (QED) is 0.691. The molecular formula is C19H16F2N2O2. The van der Waals surface area contributed by atoms with E-state index in [2.05, 4.69) is 4.98 Å². The Labute approximate surface area is 143 Å². The molecule has 0 aliphatic carbocycles. The highest BCUT2D eigenvalue weighted by molar-refractivity contribution is 5.81. The van der Waals surface area contributed by atoms with E-state index in [0.717, 1.165) is 18.9 Å². The van der Waals surface area contributed by atoms with Gasteiger partial charge in [-0.05, 0) is 42.7 Å². The molecule has 0 N–H and O–H groups in total. The largest absolute Gasteiger partial charge is 0.438 e. The molecule has 1 amide bonds. The first-order valence-electron chi connectivity index (χ1n) is 8.16. The lowest BCUT2D eigenvalue weighted by molar-refractivity contribution is -0.130. The number of oxazole rings is 1. The Balaban J connectivity index is 1.73. The van der Waals surface area contributed by atoms with Crippen LogP contribution in [0.5, 0.6) is 0 Å². The number of hydrogen-bond donors (Lipinski definition) is 0. The monoisotopic (exact) mass is 342 g/mol. The van der Waals surface area contributed by atoms with Gasteiger partial charge in [-0.2, -0.15) is 0 Å². The van der Waals surface area contributed by atoms with Gasteiger partial charge in [0, 0.05) is 25.1 Å². The van der Waals surface area contributed by atoms with Crippen molar-refractivity contribution in [2.75, 3.05) is 6.54 Å². The Morgan fingerprint density at radius 3 is 2.84 bits per heavy atom. The van der Waals surface area contributed by atoms with Gasteiger partial charge in [0.1, 0.15) is 23.2 Å². The fourth-order valence-corrected chi connectivity index (χ4v) is 3.38. The molecule has 1 saturated heterocycles. The lowest BCUT2D eigenvalue weighted by atomic mass is 10.0. The molecule has 1 aliphatic rings. The van der Waals surface area contributed by atoms with E-state index in [4.69, 9.17) is 4.42 Å². The summed E-state index contributed by atoms with van der Waals surface area (Å²) in [6.45, 7) is 2.24. The van der Waals surface area contributed by atoms with Crippen LogP contribution in [-0.4, -0.2) is 22.3 Å². The number of fused-ring (bicyclic) bond motifs is 1. The van der Waals surface area contributed by atoms with Gasteiger partial charge in [-0.15, -0.1) is 0 Å². The Hall–Kier alpha value is -2.76. The first-order valence-corrected chi connectivity index (χ1v) is 8.16. The van der Waals surface area contributed by atoms with Gasteiger partial charge < -0.3 is 9.32 Å². The fraction of sp³-hybridized carbons (Fsp3) is 0.263. The molecule has 2 heterocycles. The van der Waals surface area contributed by atoms with E-state index in [1.54, 1.807) is 23.1 Å². The number of rotatable bonds is 2. The van der Waals surface area contributed by atoms with Crippen molar-refractivity contribution in [3.63, 3.8) is 0 Å². The summed E-state index contributed by atoms with van der Waals surface area (Å²) in [6.07, 6.45) is 1.72. The van der Waals surface area contributed by atoms with Crippen molar-refractivity contribution >= 4 is 17.0 Å². The van der Waals surface area contributed by atoms with E-state index < -0.39 is 11.6 Å². The van der Waals surface area contributed by atoms with Crippen LogP contribution in [-0.2, 0) is 4.79 Å². The maximum absolute atomic E-state index is 14.0. The van der Waals surface area contributed by atoms with E-state index >= 15 is 0 Å². The van der Waals surface area contributed by atoms with Gasteiger partial charge in [0.05, 0.1) is 0 Å². The zero-order valence-electron chi connectivity index (χ0n) is 13.6. The Bertz CT molecular complexity index is 967. The summed E-state index contributed by atoms with van der Waals surface area (Å²) in [6, 6.07) is 8.47. The number of halogens is 2. The van der Waals surface area contributed by atoms with Crippen molar-refractivity contribution in [2.24, 2.45) is 0 Å². The zero-order valence-corrected chi connectivity index (χ0v) is 13.6. The molecule has 4 rings (SSSR count). The molecule has 1 fully saturated rings. The number of carbonyl (C=O) groups is 1. The first-order chi connectivity index (χ1) is 12.0. The van der Waals surface area contributed by atoms with Crippen molar-refractivity contribution in [3.05, 3.63) is 53.9 Å². The molecule has 1 aliphatic heterocycles. The molecule has 4 nitrogen and oxygen atoms in total. The third-order valence-electron chi connectivity index (χ3n) is 4.59. The molecule has 128 valence electrons. The molecule has 6 heteroatoms. The zero-order chi connectivity index (χ0) is 17.6. The maximum atomic E-state index is 14.0. The number of amides is 1. The number of likely N-dealkylation sites (tertiary alicyclic amines) is 1. The number of carbonyl (C=O) groups excluding carboxylic acids is 1. The lowest BCUT2D eigenvalue weighted by Crippen LogP contribution is -2.28. The van der Waals surface area contributed by atoms with E-state index in [0.29, 0.717) is 34.7 Å².